The van der Waals surface area contributed by atoms with Crippen molar-refractivity contribution in [1.82, 2.24) is 57.5 Å². The van der Waals surface area contributed by atoms with Crippen molar-refractivity contribution < 1.29 is 70.9 Å². The second-order valence-corrected chi connectivity index (χ2v) is 32.3. The van der Waals surface area contributed by atoms with Gasteiger partial charge in [0, 0.05) is 44.3 Å². The van der Waals surface area contributed by atoms with Crippen LogP contribution in [0.4, 0.5) is 0 Å². The number of aliphatic carboxylic acids is 1. The first-order valence-electron chi connectivity index (χ1n) is 38.5. The van der Waals surface area contributed by atoms with Gasteiger partial charge in [-0.15, -0.1) is 0 Å². The van der Waals surface area contributed by atoms with Crippen molar-refractivity contribution in [2.24, 2.45) is 5.73 Å². The lowest BCUT2D eigenvalue weighted by Gasteiger charge is -2.37. The normalized spacial score (nSPS) is 15.2. The second-order valence-electron chi connectivity index (χ2n) is 30.6. The topological polar surface area (TPSA) is 417 Å². The molecule has 9 amide bonds. The monoisotopic (exact) mass is 1590 g/mol. The molecule has 2 aliphatic rings. The molecule has 29 heteroatoms. The van der Waals surface area contributed by atoms with Crippen LogP contribution < -0.4 is 67.8 Å². The molecule has 7 aromatic rings. The number of nitrogens with zero attached hydrogens (tertiary/aromatic N) is 1. The van der Waals surface area contributed by atoms with Gasteiger partial charge in [-0.1, -0.05) is 164 Å². The number of rotatable bonds is 36. The number of benzene rings is 7. The summed E-state index contributed by atoms with van der Waals surface area (Å²) in [6, 6.07) is 42.5. The summed E-state index contributed by atoms with van der Waals surface area (Å²) in [5, 5.41) is 43.6. The van der Waals surface area contributed by atoms with Crippen LogP contribution >= 0.6 is 0 Å². The minimum Gasteiger partial charge on any atom is -0.488 e. The molecule has 0 radical (unpaired) electrons. The Kier molecular flexibility index (Phi) is 29.6. The maximum atomic E-state index is 15.3. The number of hydrogen-bond donors (Lipinski definition) is 13. The Morgan fingerprint density at radius 3 is 1.65 bits per heavy atom. The molecule has 115 heavy (non-hydrogen) atoms. The molecule has 14 N–H and O–H groups in total. The van der Waals surface area contributed by atoms with Crippen molar-refractivity contribution in [3.05, 3.63) is 232 Å². The average molecular weight is 1590 g/mol. The van der Waals surface area contributed by atoms with E-state index in [9.17, 15) is 47.1 Å². The summed E-state index contributed by atoms with van der Waals surface area (Å²) in [5.74, 6) is -7.77. The molecule has 0 spiro atoms. The Balaban J connectivity index is 0.912. The maximum absolute atomic E-state index is 15.3. The Hall–Kier alpha value is -12.0. The van der Waals surface area contributed by atoms with Crippen LogP contribution in [0.2, 0.25) is 0 Å². The van der Waals surface area contributed by atoms with Gasteiger partial charge in [0.05, 0.1) is 24.0 Å². The summed E-state index contributed by atoms with van der Waals surface area (Å²) in [5.41, 5.74) is 10.2. The van der Waals surface area contributed by atoms with E-state index in [4.69, 9.17) is 20.6 Å². The van der Waals surface area contributed by atoms with Crippen LogP contribution in [0.25, 0.3) is 0 Å². The van der Waals surface area contributed by atoms with Crippen LogP contribution in [-0.4, -0.2) is 163 Å². The number of carbonyl (C=O) groups excluding carboxylic acids is 9. The first kappa shape index (κ1) is 87.0. The van der Waals surface area contributed by atoms with E-state index in [1.807, 2.05) is 126 Å². The molecule has 1 fully saturated rings. The van der Waals surface area contributed by atoms with E-state index in [0.717, 1.165) is 11.1 Å². The number of nitrogens with one attached hydrogen (secondary N) is 11. The summed E-state index contributed by atoms with van der Waals surface area (Å²) in [4.78, 5) is 143. The number of fused-ring (bicyclic) bond motifs is 1. The molecule has 0 aromatic heterocycles. The molecule has 2 aliphatic heterocycles. The molecule has 610 valence electrons. The Bertz CT molecular complexity index is 4650. The molecular formula is C86H105N13O15S. The highest BCUT2D eigenvalue weighted by molar-refractivity contribution is 7.90. The van der Waals surface area contributed by atoms with E-state index < -0.39 is 160 Å². The summed E-state index contributed by atoms with van der Waals surface area (Å²) >= 11 is 0. The van der Waals surface area contributed by atoms with Crippen LogP contribution in [0.15, 0.2) is 181 Å². The molecule has 7 aromatic carbocycles. The zero-order valence-electron chi connectivity index (χ0n) is 66.3. The van der Waals surface area contributed by atoms with Gasteiger partial charge in [0.1, 0.15) is 64.5 Å². The van der Waals surface area contributed by atoms with Gasteiger partial charge >= 0.3 is 5.97 Å². The van der Waals surface area contributed by atoms with E-state index in [1.54, 1.807) is 106 Å². The fraction of sp³-hybridized carbons (Fsp3) is 0.384. The smallest absolute Gasteiger partial charge is 0.326 e. The Labute approximate surface area is 671 Å². The van der Waals surface area contributed by atoms with Gasteiger partial charge in [-0.05, 0) is 163 Å². The van der Waals surface area contributed by atoms with Gasteiger partial charge < -0.3 is 73.1 Å². The number of carbonyl (C=O) groups is 10. The molecule has 0 bridgehead atoms. The molecule has 28 nitrogen and oxygen atoms in total. The quantitative estimate of drug-likeness (QED) is 0.00957. The molecule has 1 saturated heterocycles. The van der Waals surface area contributed by atoms with Crippen molar-refractivity contribution in [1.29, 1.82) is 5.41 Å². The number of ether oxygens (including phenoxy) is 2. The molecule has 7 atom stereocenters. The van der Waals surface area contributed by atoms with Crippen LogP contribution in [0.1, 0.15) is 136 Å². The minimum absolute atomic E-state index is 0.00537. The van der Waals surface area contributed by atoms with E-state index in [-0.39, 0.29) is 62.9 Å². The Morgan fingerprint density at radius 1 is 0.591 bits per heavy atom. The fourth-order valence-corrected chi connectivity index (χ4v) is 15.8. The zero-order chi connectivity index (χ0) is 83.4. The van der Waals surface area contributed by atoms with E-state index in [0.29, 0.717) is 62.4 Å². The third kappa shape index (κ3) is 23.8. The number of guanidine groups is 1. The lowest BCUT2D eigenvalue weighted by atomic mass is 9.77. The van der Waals surface area contributed by atoms with Crippen molar-refractivity contribution in [3.63, 3.8) is 0 Å². The van der Waals surface area contributed by atoms with Crippen molar-refractivity contribution in [2.45, 2.75) is 190 Å². The molecule has 0 saturated carbocycles. The molecule has 0 unspecified atom stereocenters. The highest BCUT2D eigenvalue weighted by atomic mass is 32.2. The number of hydrogen-bond acceptors (Lipinski definition) is 16. The van der Waals surface area contributed by atoms with Gasteiger partial charge in [-0.3, -0.25) is 48.6 Å². The Morgan fingerprint density at radius 2 is 1.10 bits per heavy atom. The summed E-state index contributed by atoms with van der Waals surface area (Å²) in [6.45, 7) is 14.7. The predicted molar refractivity (Wildman–Crippen MR) is 433 cm³/mol. The molecule has 9 rings (SSSR count). The lowest BCUT2D eigenvalue weighted by Crippen LogP contribution is -2.58. The highest BCUT2D eigenvalue weighted by Crippen LogP contribution is 2.44. The van der Waals surface area contributed by atoms with E-state index >= 15 is 14.4 Å². The first-order valence-corrected chi connectivity index (χ1v) is 39.9. The summed E-state index contributed by atoms with van der Waals surface area (Å²) < 4.78 is 42.7. The lowest BCUT2D eigenvalue weighted by molar-refractivity contribution is -0.142. The van der Waals surface area contributed by atoms with Crippen LogP contribution in [0, 0.1) is 26.2 Å². The number of sulfonamides is 1. The van der Waals surface area contributed by atoms with Crippen molar-refractivity contribution in [2.75, 3.05) is 26.2 Å². The van der Waals surface area contributed by atoms with Crippen molar-refractivity contribution in [3.8, 4) is 11.5 Å². The molecular weight excluding hydrogens is 1490 g/mol. The summed E-state index contributed by atoms with van der Waals surface area (Å²) in [6.07, 6.45) is -0.437. The van der Waals surface area contributed by atoms with Crippen LogP contribution in [0.5, 0.6) is 11.5 Å². The number of likely N-dealkylation sites (tertiary alicyclic amines) is 1. The molecule has 0 aliphatic carbocycles. The zero-order valence-corrected chi connectivity index (χ0v) is 67.1. The van der Waals surface area contributed by atoms with E-state index in [1.165, 1.54) is 11.8 Å². The van der Waals surface area contributed by atoms with Crippen LogP contribution in [0.3, 0.4) is 0 Å². The van der Waals surface area contributed by atoms with Gasteiger partial charge in [0.25, 0.3) is 10.0 Å². The average Bonchev–Trinajstić information content (AvgIpc) is 1.74. The number of carboxylic acid groups (broad SMARTS) is 1. The third-order valence-corrected chi connectivity index (χ3v) is 21.7. The minimum atomic E-state index is -4.38. The SMILES string of the molecule is Cc1c(C)c(S(=O)(=O)NC(=N)NCCC[C@H](NC(=O)[C@H](CCC(=O)NC(c2ccccc2)(c2ccccc2)c2ccccc2)NC(=O)[C@@H]2CCCN2C(=O)CNC(=O)[C@H](Cc2ccccc2)NC(=O)CNC(=O)[C@@H](C)NC(=O)[C@@H](N)Cc2ccc(OC(C)(C)C)cc2)C(=O)N[C@@H](Cc2ccccc2)C(=O)O)c(C)c2c1OC(C)(C)C2. The largest absolute Gasteiger partial charge is 0.488 e. The maximum Gasteiger partial charge on any atom is 0.326 e. The van der Waals surface area contributed by atoms with Gasteiger partial charge in [0.2, 0.25) is 59.1 Å². The van der Waals surface area contributed by atoms with Gasteiger partial charge in [-0.2, -0.15) is 0 Å². The number of nitrogens with two attached hydrogens (primary N) is 1. The number of carboxylic acids is 1. The van der Waals surface area contributed by atoms with Crippen LogP contribution in [-0.2, 0) is 89.2 Å². The number of amides is 9. The third-order valence-electron chi connectivity index (χ3n) is 20.1. The molecule has 2 heterocycles. The second kappa shape index (κ2) is 39.2. The predicted octanol–water partition coefficient (Wildman–Crippen LogP) is 5.78. The van der Waals surface area contributed by atoms with Gasteiger partial charge in [-0.25, -0.2) is 17.9 Å². The summed E-state index contributed by atoms with van der Waals surface area (Å²) in [7, 11) is -4.38. The van der Waals surface area contributed by atoms with Gasteiger partial charge in [0.15, 0.2) is 0 Å². The standard InChI is InChI=1S/C86H105N13O15S/c1-53-54(2)75(55(3)64-50-85(8,9)114-74(53)64)115(111,112)98-83(88)89-45-25-37-66(79(106)96-69(82(109)110)49-58-29-17-11-18-30-58)94-80(107)67(43-44-71(100)97-86(60-31-19-12-20-32-60,61-33-21-13-22-34-61)62-35-23-14-24-36-62)95-81(108)70-38-26-46-99(70)73(102)52-91-78(105)68(48-57-27-15-10-16-28-57)93-72(101)51-90-76(103)56(4)92-77(104)65(87)47-59-39-41-63(42-40-59)113-84(5,6)7/h10-24,27-36,39-42,56,65-70H,25-26,37-38,43-52,87H2,1-9H3,(H,90,103)(H,91,105)(H,92,104)(H,93,101)(H,94,107)(H,95,108)(H,96,106)(H,97,100)(H,109,110)(H3,88,89,98)/t56-,65+,66+,67+,68+,69+,70+/m1/s1. The van der Waals surface area contributed by atoms with E-state index in [2.05, 4.69) is 52.6 Å². The highest BCUT2D eigenvalue weighted by Gasteiger charge is 2.42. The first-order chi connectivity index (χ1) is 54.6. The fourth-order valence-electron chi connectivity index (χ4n) is 14.2. The van der Waals surface area contributed by atoms with Crippen molar-refractivity contribution >= 4 is 75.1 Å².